The summed E-state index contributed by atoms with van der Waals surface area (Å²) in [5, 5.41) is 1.10. The van der Waals surface area contributed by atoms with E-state index in [0.717, 1.165) is 36.4 Å². The van der Waals surface area contributed by atoms with E-state index in [1.165, 1.54) is 5.56 Å². The van der Waals surface area contributed by atoms with Gasteiger partial charge >= 0.3 is 0 Å². The zero-order valence-corrected chi connectivity index (χ0v) is 14.9. The topological polar surface area (TPSA) is 32.3 Å². The summed E-state index contributed by atoms with van der Waals surface area (Å²) in [5.74, 6) is 1.00. The van der Waals surface area contributed by atoms with Crippen LogP contribution in [0, 0.1) is 0 Å². The van der Waals surface area contributed by atoms with E-state index in [4.69, 9.17) is 0 Å². The summed E-state index contributed by atoms with van der Waals surface area (Å²) >= 11 is 0. The second-order valence-electron chi connectivity index (χ2n) is 5.92. The number of rotatable bonds is 6. The van der Waals surface area contributed by atoms with Crippen LogP contribution in [-0.2, 0) is 6.54 Å². The Morgan fingerprint density at radius 2 is 1.54 bits per heavy atom. The number of anilines is 1. The molecule has 0 amide bonds. The highest BCUT2D eigenvalue weighted by Gasteiger charge is 2.13. The molecule has 24 heavy (non-hydrogen) atoms. The highest BCUT2D eigenvalue weighted by atomic mass is 35.5. The molecule has 0 spiro atoms. The normalized spacial score (nSPS) is 10.6. The van der Waals surface area contributed by atoms with E-state index in [1.807, 2.05) is 24.3 Å². The average Bonchev–Trinajstić information content (AvgIpc) is 2.59. The van der Waals surface area contributed by atoms with Gasteiger partial charge in [0.15, 0.2) is 0 Å². The van der Waals surface area contributed by atoms with Gasteiger partial charge in [-0.2, -0.15) is 0 Å². The lowest BCUT2D eigenvalue weighted by Gasteiger charge is -2.26. The molecular formula is C19H23ClN4. The summed E-state index contributed by atoms with van der Waals surface area (Å²) in [6.07, 6.45) is 1.66. The van der Waals surface area contributed by atoms with Crippen LogP contribution in [-0.4, -0.2) is 42.1 Å². The number of benzene rings is 2. The second kappa shape index (κ2) is 8.62. The largest absolute Gasteiger partial charge is 0.350 e. The molecule has 0 saturated carbocycles. The Bertz CT molecular complexity index is 756. The highest BCUT2D eigenvalue weighted by molar-refractivity contribution is 5.89. The molecule has 0 unspecified atom stereocenters. The Balaban J connectivity index is 0.00000208. The maximum Gasteiger partial charge on any atom is 0.140 e. The third kappa shape index (κ3) is 4.43. The van der Waals surface area contributed by atoms with Crippen LogP contribution in [0.2, 0.25) is 0 Å². The molecule has 2 aromatic carbocycles. The molecule has 0 radical (unpaired) electrons. The molecule has 3 rings (SSSR count). The number of nitrogens with zero attached hydrogens (tertiary/aromatic N) is 4. The van der Waals surface area contributed by atoms with Gasteiger partial charge in [-0.05, 0) is 31.8 Å². The quantitative estimate of drug-likeness (QED) is 0.685. The SMILES string of the molecule is CN(C)CCN(Cc1ccccc1)c1ncnc2ccccc12.Cl. The lowest BCUT2D eigenvalue weighted by atomic mass is 10.2. The first-order valence-corrected chi connectivity index (χ1v) is 7.87. The lowest BCUT2D eigenvalue weighted by molar-refractivity contribution is 0.412. The first-order valence-electron chi connectivity index (χ1n) is 7.87. The van der Waals surface area contributed by atoms with E-state index in [2.05, 4.69) is 64.2 Å². The molecule has 0 N–H and O–H groups in total. The molecule has 0 atom stereocenters. The van der Waals surface area contributed by atoms with Gasteiger partial charge in [-0.3, -0.25) is 0 Å². The lowest BCUT2D eigenvalue weighted by Crippen LogP contribution is -2.32. The van der Waals surface area contributed by atoms with Crippen LogP contribution in [0.25, 0.3) is 10.9 Å². The van der Waals surface area contributed by atoms with E-state index in [0.29, 0.717) is 0 Å². The van der Waals surface area contributed by atoms with Gasteiger partial charge in [0.05, 0.1) is 5.52 Å². The highest BCUT2D eigenvalue weighted by Crippen LogP contribution is 2.23. The van der Waals surface area contributed by atoms with Gasteiger partial charge in [-0.1, -0.05) is 42.5 Å². The first-order chi connectivity index (χ1) is 11.2. The van der Waals surface area contributed by atoms with Crippen LogP contribution in [0.4, 0.5) is 5.82 Å². The molecule has 126 valence electrons. The van der Waals surface area contributed by atoms with Crippen molar-refractivity contribution in [3.05, 3.63) is 66.5 Å². The predicted octanol–water partition coefficient (Wildman–Crippen LogP) is 3.62. The van der Waals surface area contributed by atoms with Gasteiger partial charge in [-0.25, -0.2) is 9.97 Å². The van der Waals surface area contributed by atoms with Crippen LogP contribution in [0.15, 0.2) is 60.9 Å². The summed E-state index contributed by atoms with van der Waals surface area (Å²) in [6, 6.07) is 18.7. The maximum atomic E-state index is 4.58. The molecule has 0 fully saturated rings. The Morgan fingerprint density at radius 3 is 2.29 bits per heavy atom. The molecule has 0 saturated heterocycles. The van der Waals surface area contributed by atoms with Crippen molar-refractivity contribution >= 4 is 29.1 Å². The van der Waals surface area contributed by atoms with Crippen LogP contribution in [0.5, 0.6) is 0 Å². The number of hydrogen-bond acceptors (Lipinski definition) is 4. The minimum atomic E-state index is 0. The van der Waals surface area contributed by atoms with E-state index in [1.54, 1.807) is 6.33 Å². The molecular weight excluding hydrogens is 320 g/mol. The van der Waals surface area contributed by atoms with E-state index < -0.39 is 0 Å². The van der Waals surface area contributed by atoms with Crippen LogP contribution in [0.1, 0.15) is 5.56 Å². The second-order valence-corrected chi connectivity index (χ2v) is 5.92. The standard InChI is InChI=1S/C19H22N4.ClH/c1-22(2)12-13-23(14-16-8-4-3-5-9-16)19-17-10-6-7-11-18(17)20-15-21-19;/h3-11,15H,12-14H2,1-2H3;1H. The Kier molecular flexibility index (Phi) is 6.53. The van der Waals surface area contributed by atoms with Crippen molar-refractivity contribution in [2.24, 2.45) is 0 Å². The Hall–Kier alpha value is -2.17. The average molecular weight is 343 g/mol. The number of likely N-dealkylation sites (N-methyl/N-ethyl adjacent to an activating group) is 1. The summed E-state index contributed by atoms with van der Waals surface area (Å²) in [6.45, 7) is 2.74. The summed E-state index contributed by atoms with van der Waals surface area (Å²) < 4.78 is 0. The summed E-state index contributed by atoms with van der Waals surface area (Å²) in [5.41, 5.74) is 2.27. The van der Waals surface area contributed by atoms with Gasteiger partial charge in [0.25, 0.3) is 0 Å². The van der Waals surface area contributed by atoms with Gasteiger partial charge in [0, 0.05) is 25.0 Å². The van der Waals surface area contributed by atoms with Crippen molar-refractivity contribution < 1.29 is 0 Å². The zero-order chi connectivity index (χ0) is 16.1. The van der Waals surface area contributed by atoms with Gasteiger partial charge in [-0.15, -0.1) is 12.4 Å². The van der Waals surface area contributed by atoms with E-state index >= 15 is 0 Å². The third-order valence-electron chi connectivity index (χ3n) is 3.85. The molecule has 1 aromatic heterocycles. The zero-order valence-electron chi connectivity index (χ0n) is 14.1. The molecule has 0 aliphatic carbocycles. The first kappa shape index (κ1) is 18.2. The Morgan fingerprint density at radius 1 is 0.833 bits per heavy atom. The summed E-state index contributed by atoms with van der Waals surface area (Å²) in [4.78, 5) is 13.5. The van der Waals surface area contributed by atoms with Gasteiger partial charge in [0.1, 0.15) is 12.1 Å². The number of halogens is 1. The van der Waals surface area contributed by atoms with Crippen molar-refractivity contribution in [3.8, 4) is 0 Å². The van der Waals surface area contributed by atoms with Gasteiger partial charge < -0.3 is 9.80 Å². The van der Waals surface area contributed by atoms with Gasteiger partial charge in [0.2, 0.25) is 0 Å². The molecule has 0 aliphatic heterocycles. The number of aromatic nitrogens is 2. The number of fused-ring (bicyclic) bond motifs is 1. The molecule has 4 nitrogen and oxygen atoms in total. The summed E-state index contributed by atoms with van der Waals surface area (Å²) in [7, 11) is 4.19. The van der Waals surface area contributed by atoms with Crippen molar-refractivity contribution in [1.82, 2.24) is 14.9 Å². The molecule has 0 bridgehead atoms. The van der Waals surface area contributed by atoms with E-state index in [9.17, 15) is 0 Å². The molecule has 5 heteroatoms. The van der Waals surface area contributed by atoms with Crippen LogP contribution >= 0.6 is 12.4 Å². The molecule has 1 heterocycles. The van der Waals surface area contributed by atoms with Crippen molar-refractivity contribution in [3.63, 3.8) is 0 Å². The van der Waals surface area contributed by atoms with Crippen LogP contribution in [0.3, 0.4) is 0 Å². The molecule has 3 aromatic rings. The smallest absolute Gasteiger partial charge is 0.140 e. The number of hydrogen-bond donors (Lipinski definition) is 0. The molecule has 0 aliphatic rings. The fourth-order valence-corrected chi connectivity index (χ4v) is 2.63. The fraction of sp³-hybridized carbons (Fsp3) is 0.263. The third-order valence-corrected chi connectivity index (χ3v) is 3.85. The Labute approximate surface area is 149 Å². The van der Waals surface area contributed by atoms with Crippen molar-refractivity contribution in [2.45, 2.75) is 6.54 Å². The monoisotopic (exact) mass is 342 g/mol. The fourth-order valence-electron chi connectivity index (χ4n) is 2.63. The minimum absolute atomic E-state index is 0. The van der Waals surface area contributed by atoms with Crippen LogP contribution < -0.4 is 4.90 Å². The van der Waals surface area contributed by atoms with Crippen molar-refractivity contribution in [2.75, 3.05) is 32.1 Å². The number of para-hydroxylation sites is 1. The van der Waals surface area contributed by atoms with Crippen molar-refractivity contribution in [1.29, 1.82) is 0 Å². The minimum Gasteiger partial charge on any atom is -0.350 e. The van der Waals surface area contributed by atoms with E-state index in [-0.39, 0.29) is 12.4 Å². The predicted molar refractivity (Wildman–Crippen MR) is 103 cm³/mol. The maximum absolute atomic E-state index is 4.58.